The topological polar surface area (TPSA) is 59.8 Å². The minimum atomic E-state index is -0.172. The number of aromatic nitrogens is 3. The summed E-state index contributed by atoms with van der Waals surface area (Å²) in [6, 6.07) is 15.1. The third-order valence-electron chi connectivity index (χ3n) is 5.58. The van der Waals surface area contributed by atoms with Crippen LogP contribution in [0.25, 0.3) is 22.2 Å². The molecule has 4 rings (SSSR count). The molecule has 4 aromatic rings. The molecule has 0 aliphatic rings. The summed E-state index contributed by atoms with van der Waals surface area (Å²) in [6.45, 7) is 8.73. The van der Waals surface area contributed by atoms with Gasteiger partial charge in [0.2, 0.25) is 0 Å². The van der Waals surface area contributed by atoms with Crippen molar-refractivity contribution in [3.8, 4) is 11.3 Å². The van der Waals surface area contributed by atoms with Crippen molar-refractivity contribution in [1.29, 1.82) is 0 Å². The van der Waals surface area contributed by atoms with Crippen LogP contribution >= 0.6 is 11.6 Å². The third-order valence-corrected chi connectivity index (χ3v) is 5.82. The summed E-state index contributed by atoms with van der Waals surface area (Å²) in [6.07, 6.45) is 2.00. The second kappa shape index (κ2) is 8.52. The first-order chi connectivity index (χ1) is 14.9. The minimum absolute atomic E-state index is 0.129. The van der Waals surface area contributed by atoms with E-state index in [4.69, 9.17) is 16.6 Å². The van der Waals surface area contributed by atoms with E-state index in [1.807, 2.05) is 87.1 Å². The highest BCUT2D eigenvalue weighted by Crippen LogP contribution is 2.31. The van der Waals surface area contributed by atoms with Crippen LogP contribution in [0.3, 0.4) is 0 Å². The lowest BCUT2D eigenvalue weighted by molar-refractivity contribution is 0.0941. The lowest BCUT2D eigenvalue weighted by Gasteiger charge is -2.18. The highest BCUT2D eigenvalue weighted by Gasteiger charge is 2.22. The maximum Gasteiger partial charge on any atom is 0.252 e. The summed E-state index contributed by atoms with van der Waals surface area (Å²) in [5.41, 5.74) is 5.81. The Bertz CT molecular complexity index is 1280. The summed E-state index contributed by atoms with van der Waals surface area (Å²) >= 11 is 6.22. The number of carbonyl (C=O) groups is 1. The molecule has 1 atom stereocenters. The van der Waals surface area contributed by atoms with Crippen molar-refractivity contribution in [2.75, 3.05) is 0 Å². The summed E-state index contributed by atoms with van der Waals surface area (Å²) in [5, 5.41) is 9.13. The lowest BCUT2D eigenvalue weighted by atomic mass is 9.96. The van der Waals surface area contributed by atoms with Gasteiger partial charge in [-0.05, 0) is 51.5 Å². The van der Waals surface area contributed by atoms with E-state index in [1.54, 1.807) is 0 Å². The number of carbonyl (C=O) groups excluding carboxylic acids is 1. The fourth-order valence-electron chi connectivity index (χ4n) is 3.98. The molecule has 0 fully saturated rings. The Kier molecular flexibility index (Phi) is 5.79. The maximum absolute atomic E-state index is 13.5. The quantitative estimate of drug-likeness (QED) is 0.428. The number of para-hydroxylation sites is 1. The molecule has 0 aliphatic carbocycles. The second-order valence-corrected chi connectivity index (χ2v) is 8.15. The standard InChI is InChI=1S/C25H25ClN4O/c1-5-30-14-21(17(4)29-30)16(3)27-25(31)23-15(2)24(18-9-8-10-19(26)13-18)28-22-12-7-6-11-20(22)23/h6-14,16H,5H2,1-4H3,(H,27,31)/t16-/m0/s1. The molecule has 2 aromatic carbocycles. The zero-order valence-electron chi connectivity index (χ0n) is 18.1. The van der Waals surface area contributed by atoms with Crippen molar-refractivity contribution in [3.05, 3.63) is 82.1 Å². The number of amides is 1. The Morgan fingerprint density at radius 2 is 1.94 bits per heavy atom. The molecular formula is C25H25ClN4O. The Morgan fingerprint density at radius 3 is 2.65 bits per heavy atom. The monoisotopic (exact) mass is 432 g/mol. The maximum atomic E-state index is 13.5. The number of halogens is 1. The Balaban J connectivity index is 1.79. The second-order valence-electron chi connectivity index (χ2n) is 7.71. The van der Waals surface area contributed by atoms with Crippen molar-refractivity contribution < 1.29 is 4.79 Å². The zero-order chi connectivity index (χ0) is 22.1. The van der Waals surface area contributed by atoms with E-state index in [9.17, 15) is 4.79 Å². The van der Waals surface area contributed by atoms with E-state index in [-0.39, 0.29) is 11.9 Å². The molecule has 0 radical (unpaired) electrons. The van der Waals surface area contributed by atoms with Gasteiger partial charge < -0.3 is 5.32 Å². The highest BCUT2D eigenvalue weighted by atomic mass is 35.5. The van der Waals surface area contributed by atoms with E-state index in [2.05, 4.69) is 10.4 Å². The molecule has 5 nitrogen and oxygen atoms in total. The van der Waals surface area contributed by atoms with Crippen molar-refractivity contribution in [2.45, 2.75) is 40.3 Å². The van der Waals surface area contributed by atoms with Crippen LogP contribution in [0.4, 0.5) is 0 Å². The smallest absolute Gasteiger partial charge is 0.252 e. The molecule has 0 bridgehead atoms. The lowest BCUT2D eigenvalue weighted by Crippen LogP contribution is -2.28. The van der Waals surface area contributed by atoms with Crippen molar-refractivity contribution in [3.63, 3.8) is 0 Å². The first-order valence-electron chi connectivity index (χ1n) is 10.4. The zero-order valence-corrected chi connectivity index (χ0v) is 18.9. The normalized spacial score (nSPS) is 12.2. The van der Waals surface area contributed by atoms with Gasteiger partial charge in [0.1, 0.15) is 0 Å². The van der Waals surface area contributed by atoms with Crippen LogP contribution in [0.5, 0.6) is 0 Å². The number of pyridine rings is 1. The summed E-state index contributed by atoms with van der Waals surface area (Å²) in [5.74, 6) is -0.129. The fraction of sp³-hybridized carbons (Fsp3) is 0.240. The van der Waals surface area contributed by atoms with Crippen LogP contribution in [0.15, 0.2) is 54.7 Å². The van der Waals surface area contributed by atoms with Gasteiger partial charge in [-0.3, -0.25) is 9.48 Å². The molecule has 31 heavy (non-hydrogen) atoms. The van der Waals surface area contributed by atoms with Crippen LogP contribution in [-0.4, -0.2) is 20.7 Å². The van der Waals surface area contributed by atoms with Crippen molar-refractivity contribution in [2.24, 2.45) is 0 Å². The van der Waals surface area contributed by atoms with Crippen LogP contribution in [0.2, 0.25) is 5.02 Å². The molecule has 158 valence electrons. The van der Waals surface area contributed by atoms with Crippen LogP contribution in [-0.2, 0) is 6.54 Å². The van der Waals surface area contributed by atoms with Gasteiger partial charge >= 0.3 is 0 Å². The van der Waals surface area contributed by atoms with Gasteiger partial charge in [0.25, 0.3) is 5.91 Å². The van der Waals surface area contributed by atoms with Gasteiger partial charge in [-0.1, -0.05) is 41.9 Å². The largest absolute Gasteiger partial charge is 0.345 e. The van der Waals surface area contributed by atoms with Gasteiger partial charge in [0.05, 0.1) is 28.5 Å². The van der Waals surface area contributed by atoms with Gasteiger partial charge in [0.15, 0.2) is 0 Å². The van der Waals surface area contributed by atoms with E-state index < -0.39 is 0 Å². The molecule has 0 saturated heterocycles. The van der Waals surface area contributed by atoms with Gasteiger partial charge in [0, 0.05) is 34.3 Å². The van der Waals surface area contributed by atoms with Gasteiger partial charge in [-0.15, -0.1) is 0 Å². The highest BCUT2D eigenvalue weighted by molar-refractivity contribution is 6.30. The number of rotatable bonds is 5. The molecule has 2 aromatic heterocycles. The summed E-state index contributed by atoms with van der Waals surface area (Å²) in [4.78, 5) is 18.4. The number of benzene rings is 2. The molecule has 1 N–H and O–H groups in total. The van der Waals surface area contributed by atoms with Gasteiger partial charge in [-0.25, -0.2) is 4.98 Å². The summed E-state index contributed by atoms with van der Waals surface area (Å²) < 4.78 is 1.89. The summed E-state index contributed by atoms with van der Waals surface area (Å²) in [7, 11) is 0. The predicted molar refractivity (Wildman–Crippen MR) is 125 cm³/mol. The van der Waals surface area contributed by atoms with Crippen LogP contribution in [0.1, 0.15) is 47.1 Å². The van der Waals surface area contributed by atoms with Crippen molar-refractivity contribution >= 4 is 28.4 Å². The fourth-order valence-corrected chi connectivity index (χ4v) is 4.17. The predicted octanol–water partition coefficient (Wildman–Crippen LogP) is 5.88. The molecule has 0 saturated carbocycles. The number of hydrogen-bond donors (Lipinski definition) is 1. The third kappa shape index (κ3) is 4.06. The molecule has 0 unspecified atom stereocenters. The molecule has 0 spiro atoms. The van der Waals surface area contributed by atoms with E-state index in [0.717, 1.165) is 45.5 Å². The minimum Gasteiger partial charge on any atom is -0.345 e. The number of hydrogen-bond acceptors (Lipinski definition) is 3. The van der Waals surface area contributed by atoms with Crippen LogP contribution in [0, 0.1) is 13.8 Å². The molecule has 2 heterocycles. The average molecular weight is 433 g/mol. The van der Waals surface area contributed by atoms with E-state index in [1.165, 1.54) is 0 Å². The first-order valence-corrected chi connectivity index (χ1v) is 10.8. The van der Waals surface area contributed by atoms with Crippen LogP contribution < -0.4 is 5.32 Å². The number of nitrogens with zero attached hydrogens (tertiary/aromatic N) is 3. The Hall–Kier alpha value is -3.18. The molecule has 6 heteroatoms. The SMILES string of the molecule is CCn1cc([C@H](C)NC(=O)c2c(C)c(-c3cccc(Cl)c3)nc3ccccc23)c(C)n1. The number of fused-ring (bicyclic) bond motifs is 1. The van der Waals surface area contributed by atoms with E-state index >= 15 is 0 Å². The molecule has 0 aliphatic heterocycles. The molecule has 1 amide bonds. The average Bonchev–Trinajstić information content (AvgIpc) is 3.14. The Morgan fingerprint density at radius 1 is 1.16 bits per heavy atom. The first kappa shape index (κ1) is 21.1. The molecular weight excluding hydrogens is 408 g/mol. The Labute approximate surface area is 187 Å². The van der Waals surface area contributed by atoms with Gasteiger partial charge in [-0.2, -0.15) is 5.10 Å². The number of aryl methyl sites for hydroxylation is 2. The number of nitrogens with one attached hydrogen (secondary N) is 1. The van der Waals surface area contributed by atoms with E-state index in [0.29, 0.717) is 10.6 Å². The van der Waals surface area contributed by atoms with Crippen molar-refractivity contribution in [1.82, 2.24) is 20.1 Å².